The van der Waals surface area contributed by atoms with Crippen LogP contribution in [0.1, 0.15) is 0 Å². The number of hydrogen-bond acceptors (Lipinski definition) is 8. The summed E-state index contributed by atoms with van der Waals surface area (Å²) in [5.41, 5.74) is 15.1. The van der Waals surface area contributed by atoms with Gasteiger partial charge in [-0.2, -0.15) is 0 Å². The third-order valence-electron chi connectivity index (χ3n) is 15.7. The minimum Gasteiger partial charge on any atom is -0.455 e. The van der Waals surface area contributed by atoms with Crippen LogP contribution in [-0.2, 0) is 0 Å². The van der Waals surface area contributed by atoms with Gasteiger partial charge in [-0.1, -0.05) is 194 Å². The predicted octanol–water partition coefficient (Wildman–Crippen LogP) is 17.9. The highest BCUT2D eigenvalue weighted by Gasteiger charge is 2.26. The minimum atomic E-state index is 0.332. The highest BCUT2D eigenvalue weighted by Crippen LogP contribution is 2.48. The van der Waals surface area contributed by atoms with Crippen molar-refractivity contribution in [1.82, 2.24) is 34.5 Å². The maximum Gasteiger partial charge on any atom is 0.200 e. The maximum absolute atomic E-state index is 6.73. The molecule has 0 fully saturated rings. The number of aromatic nitrogens is 7. The van der Waals surface area contributed by atoms with E-state index in [0.29, 0.717) is 29.0 Å². The second-order valence-corrected chi connectivity index (χ2v) is 20.1. The van der Waals surface area contributed by atoms with Crippen LogP contribution in [0.5, 0.6) is 0 Å². The molecule has 0 N–H and O–H groups in total. The van der Waals surface area contributed by atoms with Crippen molar-refractivity contribution >= 4 is 98.3 Å². The number of para-hydroxylation sites is 6. The summed E-state index contributed by atoms with van der Waals surface area (Å²) in [5, 5.41) is 10.5. The number of fused-ring (bicyclic) bond motifs is 8. The van der Waals surface area contributed by atoms with Crippen molar-refractivity contribution < 1.29 is 8.83 Å². The molecule has 0 saturated heterocycles. The lowest BCUT2D eigenvalue weighted by atomic mass is 9.90. The highest BCUT2D eigenvalue weighted by molar-refractivity contribution is 6.30. The fraction of sp³-hybridized carbons (Fsp3) is 0. The topological polar surface area (TPSA) is 109 Å². The lowest BCUT2D eigenvalue weighted by Crippen LogP contribution is -2.06. The van der Waals surface area contributed by atoms with Crippen molar-refractivity contribution in [2.45, 2.75) is 0 Å². The van der Waals surface area contributed by atoms with Crippen molar-refractivity contribution in [3.05, 3.63) is 237 Å². The summed E-state index contributed by atoms with van der Waals surface area (Å²) in [7, 11) is 0. The molecule has 17 rings (SSSR count). The molecule has 11 aromatic carbocycles. The normalized spacial score (nSPS) is 12.1. The quantitative estimate of drug-likeness (QED) is 0.145. The average Bonchev–Trinajstić information content (AvgIpc) is 4.08. The summed E-state index contributed by atoms with van der Waals surface area (Å²) in [6.45, 7) is 0. The molecule has 17 aromatic rings. The number of furan rings is 2. The van der Waals surface area contributed by atoms with Gasteiger partial charge in [0, 0.05) is 71.4 Å². The van der Waals surface area contributed by atoms with Crippen LogP contribution in [0, 0.1) is 0 Å². The summed E-state index contributed by atoms with van der Waals surface area (Å²) in [6.07, 6.45) is 0. The Morgan fingerprint density at radius 2 is 0.734 bits per heavy atom. The Kier molecular flexibility index (Phi) is 9.22. The zero-order valence-electron chi connectivity index (χ0n) is 42.0. The molecule has 0 saturated carbocycles. The van der Waals surface area contributed by atoms with Gasteiger partial charge < -0.3 is 8.83 Å². The molecule has 366 valence electrons. The SMILES string of the molecule is c1ccc(-c2nc(-c3cc(-n4c5ccc(-c6cccc7c6oc6ccccc67)c6ccc7c(-c8cccc9c8oc8ccccc89)ccc4c7c65)nc(-c4nc(-c5ccccc5)c5ccccc5n4)n3)nc3ccccc23)cc1. The molecule has 6 aromatic heterocycles. The van der Waals surface area contributed by atoms with Crippen LogP contribution in [0.15, 0.2) is 245 Å². The Morgan fingerprint density at radius 3 is 1.28 bits per heavy atom. The number of rotatable bonds is 7. The second kappa shape index (κ2) is 16.8. The van der Waals surface area contributed by atoms with E-state index in [-0.39, 0.29) is 0 Å². The number of nitrogens with zero attached hydrogens (tertiary/aromatic N) is 7. The fourth-order valence-electron chi connectivity index (χ4n) is 12.2. The molecule has 6 heterocycles. The van der Waals surface area contributed by atoms with Gasteiger partial charge in [-0.25, -0.2) is 29.9 Å². The van der Waals surface area contributed by atoms with Crippen LogP contribution in [0.2, 0.25) is 0 Å². The summed E-state index contributed by atoms with van der Waals surface area (Å²) >= 11 is 0. The first-order valence-corrected chi connectivity index (χ1v) is 26.3. The Labute approximate surface area is 449 Å². The van der Waals surface area contributed by atoms with E-state index in [9.17, 15) is 0 Å². The average molecular weight is 1010 g/mol. The molecule has 79 heavy (non-hydrogen) atoms. The lowest BCUT2D eigenvalue weighted by molar-refractivity contribution is 0.669. The van der Waals surface area contributed by atoms with E-state index in [1.807, 2.05) is 103 Å². The highest BCUT2D eigenvalue weighted by atomic mass is 16.3. The molecule has 0 aliphatic heterocycles. The van der Waals surface area contributed by atoms with Gasteiger partial charge in [-0.3, -0.25) is 4.57 Å². The Morgan fingerprint density at radius 1 is 0.291 bits per heavy atom. The zero-order valence-corrected chi connectivity index (χ0v) is 42.0. The molecule has 0 aliphatic carbocycles. The standard InChI is InChI=1S/C70H39N7O2/c1-3-17-40(18-4-1)64-52-23-7-11-29-54(52)71-68(75-64)56-39-61(74-69(73-56)70-72-55-30-12-8-24-53(55)65(76-70)41-19-5-2-6-20-41)77-57-37-35-42(48-25-15-27-50-44-21-9-13-31-59(44)78-66(48)50)46-33-34-47-43(36-38-58(77)63(47)62(46)57)49-26-16-28-51-45-22-10-14-32-60(45)79-67(49)51/h1-39H. The van der Waals surface area contributed by atoms with Crippen molar-refractivity contribution in [2.24, 2.45) is 0 Å². The molecule has 0 aliphatic rings. The minimum absolute atomic E-state index is 0.332. The van der Waals surface area contributed by atoms with Crippen molar-refractivity contribution in [3.8, 4) is 73.8 Å². The van der Waals surface area contributed by atoms with Crippen LogP contribution in [0.4, 0.5) is 0 Å². The predicted molar refractivity (Wildman–Crippen MR) is 318 cm³/mol. The Hall–Kier alpha value is -10.9. The van der Waals surface area contributed by atoms with Crippen molar-refractivity contribution in [3.63, 3.8) is 0 Å². The van der Waals surface area contributed by atoms with Crippen molar-refractivity contribution in [2.75, 3.05) is 0 Å². The molecule has 0 spiro atoms. The van der Waals surface area contributed by atoms with Gasteiger partial charge in [-0.15, -0.1) is 0 Å². The molecule has 0 amide bonds. The Balaban J connectivity index is 0.975. The van der Waals surface area contributed by atoms with Gasteiger partial charge in [0.15, 0.2) is 17.5 Å². The summed E-state index contributed by atoms with van der Waals surface area (Å²) in [4.78, 5) is 32.1. The third kappa shape index (κ3) is 6.57. The third-order valence-corrected chi connectivity index (χ3v) is 15.7. The van der Waals surface area contributed by atoms with E-state index in [2.05, 4.69) is 138 Å². The van der Waals surface area contributed by atoms with Gasteiger partial charge in [0.1, 0.15) is 33.8 Å². The van der Waals surface area contributed by atoms with E-state index < -0.39 is 0 Å². The van der Waals surface area contributed by atoms with Crippen LogP contribution >= 0.6 is 0 Å². The van der Waals surface area contributed by atoms with Crippen LogP contribution in [-0.4, -0.2) is 34.5 Å². The first-order valence-electron chi connectivity index (χ1n) is 26.3. The van der Waals surface area contributed by atoms with Gasteiger partial charge in [-0.05, 0) is 58.3 Å². The van der Waals surface area contributed by atoms with Crippen LogP contribution in [0.25, 0.3) is 172 Å². The monoisotopic (exact) mass is 1010 g/mol. The smallest absolute Gasteiger partial charge is 0.200 e. The van der Waals surface area contributed by atoms with Gasteiger partial charge in [0.25, 0.3) is 0 Å². The fourth-order valence-corrected chi connectivity index (χ4v) is 12.2. The first-order chi connectivity index (χ1) is 39.2. The molecule has 0 bridgehead atoms. The molecule has 9 heteroatoms. The van der Waals surface area contributed by atoms with E-state index in [4.69, 9.17) is 38.7 Å². The van der Waals surface area contributed by atoms with E-state index in [1.54, 1.807) is 0 Å². The summed E-state index contributed by atoms with van der Waals surface area (Å²) in [5.74, 6) is 1.76. The molecule has 0 radical (unpaired) electrons. The second-order valence-electron chi connectivity index (χ2n) is 20.1. The summed E-state index contributed by atoms with van der Waals surface area (Å²) in [6, 6.07) is 81.5. The number of hydrogen-bond donors (Lipinski definition) is 0. The molecular weight excluding hydrogens is 971 g/mol. The van der Waals surface area contributed by atoms with Gasteiger partial charge >= 0.3 is 0 Å². The zero-order chi connectivity index (χ0) is 51.7. The van der Waals surface area contributed by atoms with Gasteiger partial charge in [0.05, 0.1) is 33.5 Å². The van der Waals surface area contributed by atoms with E-state index in [0.717, 1.165) is 143 Å². The van der Waals surface area contributed by atoms with Crippen LogP contribution < -0.4 is 0 Å². The van der Waals surface area contributed by atoms with E-state index >= 15 is 0 Å². The summed E-state index contributed by atoms with van der Waals surface area (Å²) < 4.78 is 15.7. The largest absolute Gasteiger partial charge is 0.455 e. The van der Waals surface area contributed by atoms with Crippen LogP contribution in [0.3, 0.4) is 0 Å². The maximum atomic E-state index is 6.73. The molecular formula is C70H39N7O2. The number of benzene rings is 11. The molecule has 0 atom stereocenters. The van der Waals surface area contributed by atoms with Crippen molar-refractivity contribution in [1.29, 1.82) is 0 Å². The lowest BCUT2D eigenvalue weighted by Gasteiger charge is -2.14. The Bertz CT molecular complexity index is 5010. The molecule has 9 nitrogen and oxygen atoms in total. The molecule has 0 unspecified atom stereocenters. The van der Waals surface area contributed by atoms with E-state index in [1.165, 1.54) is 0 Å². The van der Waals surface area contributed by atoms with Gasteiger partial charge in [0.2, 0.25) is 0 Å². The first kappa shape index (κ1) is 43.4.